The largest absolute Gasteiger partial charge is 0.337 e. The Bertz CT molecular complexity index is 895. The van der Waals surface area contributed by atoms with Gasteiger partial charge in [0.05, 0.1) is 10.5 Å². The topological polar surface area (TPSA) is 57.7 Å². The Labute approximate surface area is 162 Å². The Morgan fingerprint density at radius 2 is 1.72 bits per heavy atom. The zero-order valence-electron chi connectivity index (χ0n) is 14.7. The Balaban J connectivity index is 2.34. The average Bonchev–Trinajstić information content (AvgIpc) is 2.56. The summed E-state index contributed by atoms with van der Waals surface area (Å²) in [5.74, 6) is -0.205. The molecule has 0 aliphatic carbocycles. The van der Waals surface area contributed by atoms with Crippen molar-refractivity contribution in [3.8, 4) is 0 Å². The third-order valence-electron chi connectivity index (χ3n) is 3.96. The number of carbonyl (C=O) groups is 1. The lowest BCUT2D eigenvalue weighted by Gasteiger charge is -2.20. The maximum atomic E-state index is 12.8. The SMILES string of the molecule is Cc1ccccc1CN(C)C(=O)c1cc(S(=O)(=O)N(C)C)ccc1I. The quantitative estimate of drug-likeness (QED) is 0.629. The van der Waals surface area contributed by atoms with Crippen molar-refractivity contribution in [2.75, 3.05) is 21.1 Å². The number of amides is 1. The third-order valence-corrected chi connectivity index (χ3v) is 6.71. The number of aryl methyl sites for hydroxylation is 1. The van der Waals surface area contributed by atoms with E-state index < -0.39 is 10.0 Å². The molecule has 0 fully saturated rings. The van der Waals surface area contributed by atoms with Gasteiger partial charge in [-0.15, -0.1) is 0 Å². The number of hydrogen-bond donors (Lipinski definition) is 0. The van der Waals surface area contributed by atoms with Crippen molar-refractivity contribution in [2.24, 2.45) is 0 Å². The van der Waals surface area contributed by atoms with Crippen molar-refractivity contribution in [1.29, 1.82) is 0 Å². The summed E-state index contributed by atoms with van der Waals surface area (Å²) in [6.45, 7) is 2.47. The molecule has 25 heavy (non-hydrogen) atoms. The van der Waals surface area contributed by atoms with Crippen molar-refractivity contribution in [2.45, 2.75) is 18.4 Å². The summed E-state index contributed by atoms with van der Waals surface area (Å²) in [5.41, 5.74) is 2.56. The molecule has 7 heteroatoms. The van der Waals surface area contributed by atoms with Crippen LogP contribution in [0.1, 0.15) is 21.5 Å². The highest BCUT2D eigenvalue weighted by molar-refractivity contribution is 14.1. The Morgan fingerprint density at radius 3 is 2.32 bits per heavy atom. The van der Waals surface area contributed by atoms with Gasteiger partial charge in [0, 0.05) is 31.3 Å². The molecule has 0 aliphatic heterocycles. The maximum absolute atomic E-state index is 12.8. The fourth-order valence-corrected chi connectivity index (χ4v) is 3.85. The minimum atomic E-state index is -3.58. The van der Waals surface area contributed by atoms with Crippen LogP contribution in [0.15, 0.2) is 47.4 Å². The van der Waals surface area contributed by atoms with Gasteiger partial charge < -0.3 is 4.90 Å². The van der Waals surface area contributed by atoms with Crippen LogP contribution in [0, 0.1) is 10.5 Å². The summed E-state index contributed by atoms with van der Waals surface area (Å²) < 4.78 is 26.5. The van der Waals surface area contributed by atoms with Crippen LogP contribution in [0.25, 0.3) is 0 Å². The van der Waals surface area contributed by atoms with E-state index in [0.717, 1.165) is 19.0 Å². The number of hydrogen-bond acceptors (Lipinski definition) is 3. The first-order valence-corrected chi connectivity index (χ1v) is 10.2. The number of nitrogens with zero attached hydrogens (tertiary/aromatic N) is 2. The highest BCUT2D eigenvalue weighted by Crippen LogP contribution is 2.22. The predicted molar refractivity (Wildman–Crippen MR) is 107 cm³/mol. The third kappa shape index (κ3) is 4.39. The summed E-state index contributed by atoms with van der Waals surface area (Å²) >= 11 is 2.05. The standard InChI is InChI=1S/C18H21IN2O3S/c1-13-7-5-6-8-14(13)12-21(4)18(22)16-11-15(9-10-17(16)19)25(23,24)20(2)3/h5-11H,12H2,1-4H3. The molecule has 0 aromatic heterocycles. The van der Waals surface area contributed by atoms with E-state index in [4.69, 9.17) is 0 Å². The van der Waals surface area contributed by atoms with Crippen LogP contribution < -0.4 is 0 Å². The first-order chi connectivity index (χ1) is 11.6. The molecule has 0 bridgehead atoms. The number of halogens is 1. The zero-order chi connectivity index (χ0) is 18.8. The molecule has 2 aromatic rings. The van der Waals surface area contributed by atoms with Crippen LogP contribution in [0.2, 0.25) is 0 Å². The van der Waals surface area contributed by atoms with E-state index in [1.807, 2.05) is 31.2 Å². The number of rotatable bonds is 5. The van der Waals surface area contributed by atoms with Crippen LogP contribution in [-0.2, 0) is 16.6 Å². The van der Waals surface area contributed by atoms with Gasteiger partial charge in [-0.2, -0.15) is 0 Å². The fraction of sp³-hybridized carbons (Fsp3) is 0.278. The molecule has 134 valence electrons. The molecule has 1 amide bonds. The minimum absolute atomic E-state index is 0.116. The molecule has 0 N–H and O–H groups in total. The number of carbonyl (C=O) groups excluding carboxylic acids is 1. The summed E-state index contributed by atoms with van der Waals surface area (Å²) in [4.78, 5) is 14.6. The molecule has 0 atom stereocenters. The van der Waals surface area contributed by atoms with Crippen LogP contribution in [0.3, 0.4) is 0 Å². The van der Waals surface area contributed by atoms with Gasteiger partial charge in [0.2, 0.25) is 10.0 Å². The van der Waals surface area contributed by atoms with Gasteiger partial charge >= 0.3 is 0 Å². The van der Waals surface area contributed by atoms with Crippen LogP contribution in [0.5, 0.6) is 0 Å². The van der Waals surface area contributed by atoms with Gasteiger partial charge in [0.25, 0.3) is 5.91 Å². The molecule has 0 saturated heterocycles. The molecular weight excluding hydrogens is 451 g/mol. The van der Waals surface area contributed by atoms with Gasteiger partial charge in [-0.25, -0.2) is 12.7 Å². The lowest BCUT2D eigenvalue weighted by Crippen LogP contribution is -2.28. The van der Waals surface area contributed by atoms with Crippen LogP contribution in [0.4, 0.5) is 0 Å². The summed E-state index contributed by atoms with van der Waals surface area (Å²) in [7, 11) is 1.08. The Hall–Kier alpha value is -1.45. The number of sulfonamides is 1. The molecule has 0 radical (unpaired) electrons. The highest BCUT2D eigenvalue weighted by atomic mass is 127. The Kier molecular flexibility index (Phi) is 6.23. The van der Waals surface area contributed by atoms with E-state index in [0.29, 0.717) is 12.1 Å². The predicted octanol–water partition coefficient (Wildman–Crippen LogP) is 3.12. The molecular formula is C18H21IN2O3S. The smallest absolute Gasteiger partial charge is 0.255 e. The van der Waals surface area contributed by atoms with E-state index in [9.17, 15) is 13.2 Å². The van der Waals surface area contributed by atoms with E-state index in [1.165, 1.54) is 26.2 Å². The second-order valence-electron chi connectivity index (χ2n) is 6.02. The van der Waals surface area contributed by atoms with Crippen LogP contribution in [-0.4, -0.2) is 44.7 Å². The van der Waals surface area contributed by atoms with Crippen molar-refractivity contribution in [3.63, 3.8) is 0 Å². The van der Waals surface area contributed by atoms with Crippen molar-refractivity contribution < 1.29 is 13.2 Å². The zero-order valence-corrected chi connectivity index (χ0v) is 17.6. The van der Waals surface area contributed by atoms with Crippen molar-refractivity contribution in [1.82, 2.24) is 9.21 Å². The lowest BCUT2D eigenvalue weighted by atomic mass is 10.1. The van der Waals surface area contributed by atoms with E-state index in [2.05, 4.69) is 22.6 Å². The second kappa shape index (κ2) is 7.84. The maximum Gasteiger partial charge on any atom is 0.255 e. The van der Waals surface area contributed by atoms with Crippen molar-refractivity contribution >= 4 is 38.5 Å². The van der Waals surface area contributed by atoms with E-state index >= 15 is 0 Å². The summed E-state index contributed by atoms with van der Waals surface area (Å²) in [6.07, 6.45) is 0. The normalized spacial score (nSPS) is 11.6. The first-order valence-electron chi connectivity index (χ1n) is 7.66. The summed E-state index contributed by atoms with van der Waals surface area (Å²) in [6, 6.07) is 12.5. The summed E-state index contributed by atoms with van der Waals surface area (Å²) in [5, 5.41) is 0. The molecule has 0 unspecified atom stereocenters. The van der Waals surface area contributed by atoms with Gasteiger partial charge in [-0.05, 0) is 58.8 Å². The van der Waals surface area contributed by atoms with E-state index in [1.54, 1.807) is 18.0 Å². The lowest BCUT2D eigenvalue weighted by molar-refractivity contribution is 0.0783. The molecule has 0 spiro atoms. The molecule has 0 aliphatic rings. The molecule has 2 rings (SSSR count). The molecule has 0 heterocycles. The van der Waals surface area contributed by atoms with Gasteiger partial charge in [-0.1, -0.05) is 24.3 Å². The van der Waals surface area contributed by atoms with E-state index in [-0.39, 0.29) is 10.8 Å². The number of benzene rings is 2. The average molecular weight is 472 g/mol. The molecule has 5 nitrogen and oxygen atoms in total. The Morgan fingerprint density at radius 1 is 1.08 bits per heavy atom. The van der Waals surface area contributed by atoms with Crippen molar-refractivity contribution in [3.05, 3.63) is 62.7 Å². The minimum Gasteiger partial charge on any atom is -0.337 e. The monoisotopic (exact) mass is 472 g/mol. The second-order valence-corrected chi connectivity index (χ2v) is 9.33. The van der Waals surface area contributed by atoms with Crippen LogP contribution >= 0.6 is 22.6 Å². The van der Waals surface area contributed by atoms with Gasteiger partial charge in [0.1, 0.15) is 0 Å². The molecule has 0 saturated carbocycles. The fourth-order valence-electron chi connectivity index (χ4n) is 2.36. The molecule has 2 aromatic carbocycles. The first kappa shape index (κ1) is 19.9. The highest BCUT2D eigenvalue weighted by Gasteiger charge is 2.22. The van der Waals surface area contributed by atoms with Gasteiger partial charge in [0.15, 0.2) is 0 Å². The van der Waals surface area contributed by atoms with Gasteiger partial charge in [-0.3, -0.25) is 4.79 Å².